The Morgan fingerprint density at radius 1 is 1.23 bits per heavy atom. The van der Waals surface area contributed by atoms with Gasteiger partial charge in [-0.25, -0.2) is 0 Å². The van der Waals surface area contributed by atoms with Crippen molar-refractivity contribution in [2.75, 3.05) is 13.2 Å². The molecule has 13 heavy (non-hydrogen) atoms. The van der Waals surface area contributed by atoms with E-state index in [0.717, 1.165) is 19.1 Å². The van der Waals surface area contributed by atoms with Gasteiger partial charge in [-0.1, -0.05) is 20.8 Å². The number of hydrogen-bond donors (Lipinski definition) is 0. The zero-order chi connectivity index (χ0) is 9.53. The Morgan fingerprint density at radius 2 is 1.92 bits per heavy atom. The molecule has 0 aromatic heterocycles. The Labute approximate surface area is 81.9 Å². The molecule has 2 fully saturated rings. The normalized spacial score (nSPS) is 45.2. The fraction of sp³-hybridized carbons (Fsp3) is 1.00. The van der Waals surface area contributed by atoms with Gasteiger partial charge < -0.3 is 4.74 Å². The molecular weight excluding hydrogens is 160 g/mol. The van der Waals surface area contributed by atoms with E-state index in [1.165, 1.54) is 25.7 Å². The molecule has 1 saturated heterocycles. The molecule has 1 spiro atoms. The first kappa shape index (κ1) is 9.51. The first-order chi connectivity index (χ1) is 6.06. The first-order valence-corrected chi connectivity index (χ1v) is 5.64. The van der Waals surface area contributed by atoms with Crippen molar-refractivity contribution in [3.8, 4) is 0 Å². The summed E-state index contributed by atoms with van der Waals surface area (Å²) in [6.45, 7) is 9.19. The van der Waals surface area contributed by atoms with Crippen LogP contribution in [0.5, 0.6) is 0 Å². The summed E-state index contributed by atoms with van der Waals surface area (Å²) in [6, 6.07) is 0. The second kappa shape index (κ2) is 2.98. The third kappa shape index (κ3) is 1.52. The molecule has 76 valence electrons. The molecular formula is C12H22O. The maximum Gasteiger partial charge on any atom is 0.0522 e. The minimum absolute atomic E-state index is 0.595. The van der Waals surface area contributed by atoms with Crippen LogP contribution in [0.4, 0.5) is 0 Å². The molecule has 1 nitrogen and oxygen atoms in total. The fourth-order valence-corrected chi connectivity index (χ4v) is 3.26. The number of hydrogen-bond acceptors (Lipinski definition) is 1. The molecule has 0 aromatic rings. The summed E-state index contributed by atoms with van der Waals surface area (Å²) < 4.78 is 5.60. The number of rotatable bonds is 1. The van der Waals surface area contributed by atoms with Crippen LogP contribution in [0.25, 0.3) is 0 Å². The van der Waals surface area contributed by atoms with Crippen molar-refractivity contribution in [3.63, 3.8) is 0 Å². The van der Waals surface area contributed by atoms with E-state index in [1.54, 1.807) is 0 Å². The van der Waals surface area contributed by atoms with Gasteiger partial charge >= 0.3 is 0 Å². The lowest BCUT2D eigenvalue weighted by atomic mass is 9.48. The van der Waals surface area contributed by atoms with Gasteiger partial charge in [0.2, 0.25) is 0 Å². The molecule has 1 heterocycles. The van der Waals surface area contributed by atoms with E-state index in [1.807, 2.05) is 0 Å². The minimum Gasteiger partial charge on any atom is -0.381 e. The molecule has 2 rings (SSSR count). The van der Waals surface area contributed by atoms with Gasteiger partial charge in [-0.2, -0.15) is 0 Å². The van der Waals surface area contributed by atoms with Crippen molar-refractivity contribution in [2.45, 2.75) is 46.5 Å². The van der Waals surface area contributed by atoms with Crippen LogP contribution >= 0.6 is 0 Å². The highest BCUT2D eigenvalue weighted by atomic mass is 16.5. The van der Waals surface area contributed by atoms with E-state index < -0.39 is 0 Å². The van der Waals surface area contributed by atoms with Gasteiger partial charge in [0.05, 0.1) is 6.61 Å². The van der Waals surface area contributed by atoms with Crippen molar-refractivity contribution in [2.24, 2.45) is 16.7 Å². The van der Waals surface area contributed by atoms with Gasteiger partial charge in [0, 0.05) is 6.61 Å². The van der Waals surface area contributed by atoms with Gasteiger partial charge in [-0.05, 0) is 42.4 Å². The average molecular weight is 182 g/mol. The van der Waals surface area contributed by atoms with Crippen molar-refractivity contribution in [1.29, 1.82) is 0 Å². The highest BCUT2D eigenvalue weighted by Gasteiger charge is 2.53. The second-order valence-corrected chi connectivity index (χ2v) is 5.82. The molecule has 2 aliphatic rings. The van der Waals surface area contributed by atoms with Gasteiger partial charge in [-0.15, -0.1) is 0 Å². The molecule has 0 N–H and O–H groups in total. The minimum atomic E-state index is 0.595. The Hall–Kier alpha value is -0.0400. The summed E-state index contributed by atoms with van der Waals surface area (Å²) in [4.78, 5) is 0. The highest BCUT2D eigenvalue weighted by Crippen LogP contribution is 2.60. The molecule has 0 unspecified atom stereocenters. The predicted molar refractivity (Wildman–Crippen MR) is 54.7 cm³/mol. The summed E-state index contributed by atoms with van der Waals surface area (Å²) in [5.74, 6) is 0.833. The van der Waals surface area contributed by atoms with Crippen LogP contribution < -0.4 is 0 Å². The molecule has 0 aromatic carbocycles. The molecule has 0 bridgehead atoms. The Morgan fingerprint density at radius 3 is 2.38 bits per heavy atom. The molecule has 1 aliphatic heterocycles. The Balaban J connectivity index is 1.94. The summed E-state index contributed by atoms with van der Waals surface area (Å²) in [5.41, 5.74) is 1.21. The van der Waals surface area contributed by atoms with Gasteiger partial charge in [-0.3, -0.25) is 0 Å². The van der Waals surface area contributed by atoms with Crippen LogP contribution in [-0.2, 0) is 4.74 Å². The Bertz CT molecular complexity index is 181. The highest BCUT2D eigenvalue weighted by molar-refractivity contribution is 5.03. The van der Waals surface area contributed by atoms with E-state index >= 15 is 0 Å². The van der Waals surface area contributed by atoms with Gasteiger partial charge in [0.25, 0.3) is 0 Å². The summed E-state index contributed by atoms with van der Waals surface area (Å²) in [7, 11) is 0. The van der Waals surface area contributed by atoms with E-state index in [4.69, 9.17) is 4.74 Å². The van der Waals surface area contributed by atoms with E-state index in [-0.39, 0.29) is 0 Å². The van der Waals surface area contributed by atoms with E-state index in [9.17, 15) is 0 Å². The van der Waals surface area contributed by atoms with Crippen LogP contribution in [-0.4, -0.2) is 13.2 Å². The molecule has 0 amide bonds. The van der Waals surface area contributed by atoms with Gasteiger partial charge in [0.15, 0.2) is 0 Å². The lowest BCUT2D eigenvalue weighted by Gasteiger charge is -2.58. The summed E-state index contributed by atoms with van der Waals surface area (Å²) in [5, 5.41) is 0. The molecule has 1 heteroatoms. The second-order valence-electron chi connectivity index (χ2n) is 5.82. The monoisotopic (exact) mass is 182 g/mol. The SMILES string of the molecule is CC(C)C1(C)CC2(CCCOC2)C1. The number of ether oxygens (including phenoxy) is 1. The van der Waals surface area contributed by atoms with Crippen molar-refractivity contribution >= 4 is 0 Å². The summed E-state index contributed by atoms with van der Waals surface area (Å²) >= 11 is 0. The van der Waals surface area contributed by atoms with Crippen LogP contribution in [0.3, 0.4) is 0 Å². The first-order valence-electron chi connectivity index (χ1n) is 5.64. The van der Waals surface area contributed by atoms with Crippen LogP contribution in [0.2, 0.25) is 0 Å². The zero-order valence-corrected chi connectivity index (χ0v) is 9.23. The largest absolute Gasteiger partial charge is 0.381 e. The lowest BCUT2D eigenvalue weighted by Crippen LogP contribution is -2.51. The lowest BCUT2D eigenvalue weighted by molar-refractivity contribution is -0.137. The third-order valence-corrected chi connectivity index (χ3v) is 4.36. The maximum absolute atomic E-state index is 5.60. The maximum atomic E-state index is 5.60. The molecule has 1 saturated carbocycles. The standard InChI is InChI=1S/C12H22O/c1-10(2)11(3)7-12(8-11)5-4-6-13-9-12/h10H,4-9H2,1-3H3. The smallest absolute Gasteiger partial charge is 0.0522 e. The van der Waals surface area contributed by atoms with Crippen LogP contribution in [0.15, 0.2) is 0 Å². The molecule has 1 aliphatic carbocycles. The van der Waals surface area contributed by atoms with Gasteiger partial charge in [0.1, 0.15) is 0 Å². The van der Waals surface area contributed by atoms with Crippen molar-refractivity contribution in [3.05, 3.63) is 0 Å². The van der Waals surface area contributed by atoms with E-state index in [2.05, 4.69) is 20.8 Å². The Kier molecular flexibility index (Phi) is 2.18. The average Bonchev–Trinajstić information content (AvgIpc) is 2.03. The quantitative estimate of drug-likeness (QED) is 0.605. The van der Waals surface area contributed by atoms with Crippen molar-refractivity contribution in [1.82, 2.24) is 0 Å². The van der Waals surface area contributed by atoms with Crippen LogP contribution in [0, 0.1) is 16.7 Å². The summed E-state index contributed by atoms with van der Waals surface area (Å²) in [6.07, 6.45) is 5.50. The topological polar surface area (TPSA) is 9.23 Å². The molecule has 0 radical (unpaired) electrons. The van der Waals surface area contributed by atoms with E-state index in [0.29, 0.717) is 10.8 Å². The van der Waals surface area contributed by atoms with Crippen molar-refractivity contribution < 1.29 is 4.74 Å². The third-order valence-electron chi connectivity index (χ3n) is 4.36. The zero-order valence-electron chi connectivity index (χ0n) is 9.23. The van der Waals surface area contributed by atoms with Crippen LogP contribution in [0.1, 0.15) is 46.5 Å². The fourth-order valence-electron chi connectivity index (χ4n) is 3.26. The molecule has 0 atom stereocenters. The predicted octanol–water partition coefficient (Wildman–Crippen LogP) is 3.24.